The second kappa shape index (κ2) is 6.70. The molecular weight excluding hydrogens is 362 g/mol. The summed E-state index contributed by atoms with van der Waals surface area (Å²) in [7, 11) is 0. The van der Waals surface area contributed by atoms with Crippen LogP contribution in [0.2, 0.25) is 0 Å². The average molecular weight is 383 g/mol. The van der Waals surface area contributed by atoms with Crippen LogP contribution in [0.4, 0.5) is 0 Å². The molecule has 0 aliphatic carbocycles. The normalized spacial score (nSPS) is 18.5. The minimum Gasteiger partial charge on any atom is -0.370 e. The van der Waals surface area contributed by atoms with E-state index in [1.165, 1.54) is 16.8 Å². The fraction of sp³-hybridized carbons (Fsp3) is 0.421. The Balaban J connectivity index is 1.36. The highest BCUT2D eigenvalue weighted by Crippen LogP contribution is 2.43. The van der Waals surface area contributed by atoms with Gasteiger partial charge in [-0.15, -0.1) is 11.3 Å². The van der Waals surface area contributed by atoms with Gasteiger partial charge in [-0.25, -0.2) is 9.50 Å². The maximum atomic E-state index is 12.8. The van der Waals surface area contributed by atoms with E-state index in [9.17, 15) is 4.79 Å². The molecule has 5 rings (SSSR count). The number of pyridine rings is 1. The second-order valence-electron chi connectivity index (χ2n) is 7.02. The summed E-state index contributed by atoms with van der Waals surface area (Å²) in [6.45, 7) is 3.06. The molecule has 0 radical (unpaired) electrons. The van der Waals surface area contributed by atoms with Gasteiger partial charge in [0.2, 0.25) is 0 Å². The van der Waals surface area contributed by atoms with Gasteiger partial charge in [-0.3, -0.25) is 4.79 Å². The van der Waals surface area contributed by atoms with Crippen molar-refractivity contribution in [3.05, 3.63) is 51.6 Å². The summed E-state index contributed by atoms with van der Waals surface area (Å²) < 4.78 is 7.96. The molecule has 1 saturated heterocycles. The van der Waals surface area contributed by atoms with Gasteiger partial charge in [0.1, 0.15) is 6.33 Å². The van der Waals surface area contributed by atoms with Crippen LogP contribution in [0.5, 0.6) is 0 Å². The number of thiophene rings is 1. The van der Waals surface area contributed by atoms with Crippen molar-refractivity contribution in [1.82, 2.24) is 25.2 Å². The number of aromatic nitrogens is 3. The van der Waals surface area contributed by atoms with Crippen LogP contribution in [-0.2, 0) is 23.3 Å². The first-order chi connectivity index (χ1) is 13.3. The van der Waals surface area contributed by atoms with Gasteiger partial charge in [-0.05, 0) is 49.7 Å². The lowest BCUT2D eigenvalue weighted by molar-refractivity contribution is -0.0792. The third-order valence-corrected chi connectivity index (χ3v) is 6.65. The Morgan fingerprint density at radius 2 is 2.26 bits per heavy atom. The van der Waals surface area contributed by atoms with Gasteiger partial charge in [0.05, 0.1) is 29.3 Å². The number of carbonyl (C=O) groups excluding carboxylic acids is 1. The molecule has 0 atom stereocenters. The van der Waals surface area contributed by atoms with Gasteiger partial charge in [-0.1, -0.05) is 6.07 Å². The molecule has 0 unspecified atom stereocenters. The molecule has 1 fully saturated rings. The van der Waals surface area contributed by atoms with E-state index in [4.69, 9.17) is 4.74 Å². The molecule has 140 valence electrons. The van der Waals surface area contributed by atoms with E-state index >= 15 is 0 Å². The molecule has 3 aromatic rings. The minimum atomic E-state index is -0.208. The molecule has 0 bridgehead atoms. The highest BCUT2D eigenvalue weighted by Gasteiger charge is 2.40. The number of nitrogens with one attached hydrogen (secondary N) is 2. The maximum absolute atomic E-state index is 12.8. The van der Waals surface area contributed by atoms with Crippen molar-refractivity contribution in [2.45, 2.75) is 31.4 Å². The molecule has 2 aliphatic heterocycles. The van der Waals surface area contributed by atoms with Gasteiger partial charge < -0.3 is 15.4 Å². The highest BCUT2D eigenvalue weighted by atomic mass is 32.1. The topological polar surface area (TPSA) is 80.6 Å². The molecule has 1 amide bonds. The number of amides is 1. The first-order valence-corrected chi connectivity index (χ1v) is 10.1. The first-order valence-electron chi connectivity index (χ1n) is 9.29. The van der Waals surface area contributed by atoms with E-state index in [0.29, 0.717) is 6.54 Å². The zero-order valence-electron chi connectivity index (χ0n) is 14.9. The van der Waals surface area contributed by atoms with Crippen LogP contribution in [0.15, 0.2) is 30.6 Å². The van der Waals surface area contributed by atoms with Crippen LogP contribution < -0.4 is 10.6 Å². The van der Waals surface area contributed by atoms with Crippen LogP contribution >= 0.6 is 11.3 Å². The lowest BCUT2D eigenvalue weighted by Crippen LogP contribution is -2.44. The Bertz CT molecular complexity index is 989. The number of carbonyl (C=O) groups is 1. The summed E-state index contributed by atoms with van der Waals surface area (Å²) in [6, 6.07) is 7.81. The van der Waals surface area contributed by atoms with Crippen molar-refractivity contribution >= 4 is 22.9 Å². The summed E-state index contributed by atoms with van der Waals surface area (Å²) >= 11 is 1.60. The summed E-state index contributed by atoms with van der Waals surface area (Å²) in [6.07, 6.45) is 4.34. The largest absolute Gasteiger partial charge is 0.370 e. The van der Waals surface area contributed by atoms with Crippen LogP contribution in [0.1, 0.15) is 38.6 Å². The molecule has 7 nitrogen and oxygen atoms in total. The monoisotopic (exact) mass is 383 g/mol. The fourth-order valence-corrected chi connectivity index (χ4v) is 5.21. The Labute approximate surface area is 160 Å². The predicted octanol–water partition coefficient (Wildman–Crippen LogP) is 1.87. The van der Waals surface area contributed by atoms with Gasteiger partial charge in [0, 0.05) is 11.3 Å². The fourth-order valence-electron chi connectivity index (χ4n) is 4.07. The second-order valence-corrected chi connectivity index (χ2v) is 8.16. The van der Waals surface area contributed by atoms with Gasteiger partial charge >= 0.3 is 0 Å². The number of hydrogen-bond acceptors (Lipinski definition) is 6. The SMILES string of the molecule is O=C(NCc1cccc2ncnn12)c1cc2c(s1)CCOC21CCNCC1. The predicted molar refractivity (Wildman–Crippen MR) is 102 cm³/mol. The van der Waals surface area contributed by atoms with Gasteiger partial charge in [-0.2, -0.15) is 5.10 Å². The van der Waals surface area contributed by atoms with Crippen molar-refractivity contribution in [1.29, 1.82) is 0 Å². The number of rotatable bonds is 3. The van der Waals surface area contributed by atoms with Crippen molar-refractivity contribution in [2.75, 3.05) is 19.7 Å². The maximum Gasteiger partial charge on any atom is 0.261 e. The summed E-state index contributed by atoms with van der Waals surface area (Å²) in [5.41, 5.74) is 2.69. The zero-order chi connectivity index (χ0) is 18.3. The van der Waals surface area contributed by atoms with E-state index in [0.717, 1.165) is 55.2 Å². The van der Waals surface area contributed by atoms with Crippen molar-refractivity contribution in [2.24, 2.45) is 0 Å². The quantitative estimate of drug-likeness (QED) is 0.722. The molecule has 0 aromatic carbocycles. The number of nitrogens with zero attached hydrogens (tertiary/aromatic N) is 3. The van der Waals surface area contributed by atoms with E-state index in [1.54, 1.807) is 15.9 Å². The zero-order valence-corrected chi connectivity index (χ0v) is 15.7. The Morgan fingerprint density at radius 3 is 3.15 bits per heavy atom. The number of piperidine rings is 1. The number of fused-ring (bicyclic) bond motifs is 3. The molecular formula is C19H21N5O2S. The van der Waals surface area contributed by atoms with E-state index in [2.05, 4.69) is 26.8 Å². The van der Waals surface area contributed by atoms with Crippen LogP contribution in [-0.4, -0.2) is 40.2 Å². The van der Waals surface area contributed by atoms with Gasteiger partial charge in [0.15, 0.2) is 5.65 Å². The third kappa shape index (κ3) is 2.93. The molecule has 3 aromatic heterocycles. The van der Waals surface area contributed by atoms with E-state index in [-0.39, 0.29) is 11.5 Å². The van der Waals surface area contributed by atoms with Crippen LogP contribution in [0.3, 0.4) is 0 Å². The van der Waals surface area contributed by atoms with Gasteiger partial charge in [0.25, 0.3) is 5.91 Å². The molecule has 2 aliphatic rings. The van der Waals surface area contributed by atoms with E-state index < -0.39 is 0 Å². The summed E-state index contributed by atoms with van der Waals surface area (Å²) in [5.74, 6) is -0.0457. The lowest BCUT2D eigenvalue weighted by atomic mass is 9.83. The van der Waals surface area contributed by atoms with Crippen LogP contribution in [0, 0.1) is 0 Å². The highest BCUT2D eigenvalue weighted by molar-refractivity contribution is 7.14. The van der Waals surface area contributed by atoms with Crippen molar-refractivity contribution in [3.8, 4) is 0 Å². The molecule has 27 heavy (non-hydrogen) atoms. The molecule has 5 heterocycles. The molecule has 8 heteroatoms. The number of hydrogen-bond donors (Lipinski definition) is 2. The minimum absolute atomic E-state index is 0.0457. The van der Waals surface area contributed by atoms with E-state index in [1.807, 2.05) is 18.2 Å². The van der Waals surface area contributed by atoms with Crippen LogP contribution in [0.25, 0.3) is 5.65 Å². The van der Waals surface area contributed by atoms with Crippen molar-refractivity contribution in [3.63, 3.8) is 0 Å². The Kier molecular flexibility index (Phi) is 4.18. The smallest absolute Gasteiger partial charge is 0.261 e. The summed E-state index contributed by atoms with van der Waals surface area (Å²) in [4.78, 5) is 19.0. The molecule has 1 spiro atoms. The average Bonchev–Trinajstić information content (AvgIpc) is 3.35. The Hall–Kier alpha value is -2.29. The first kappa shape index (κ1) is 16.9. The third-order valence-electron chi connectivity index (χ3n) is 5.45. The molecule has 2 N–H and O–H groups in total. The summed E-state index contributed by atoms with van der Waals surface area (Å²) in [5, 5.41) is 10.6. The lowest BCUT2D eigenvalue weighted by Gasteiger charge is -2.40. The number of ether oxygens (including phenoxy) is 1. The standard InChI is InChI=1S/C19H21N5O2S/c25-18(21-11-13-2-1-3-17-22-12-23-24(13)17)16-10-14-15(27-16)4-9-26-19(14)5-7-20-8-6-19/h1-3,10,12,20H,4-9,11H2,(H,21,25). The van der Waals surface area contributed by atoms with Crippen molar-refractivity contribution < 1.29 is 9.53 Å². The molecule has 0 saturated carbocycles. The Morgan fingerprint density at radius 1 is 1.37 bits per heavy atom.